The van der Waals surface area contributed by atoms with Gasteiger partial charge >= 0.3 is 0 Å². The molecular formula is C14H7BrFNO2. The fraction of sp³-hybridized carbons (Fsp3) is 0. The first kappa shape index (κ1) is 12.0. The fourth-order valence-electron chi connectivity index (χ4n) is 1.80. The van der Waals surface area contributed by atoms with Gasteiger partial charge in [-0.2, -0.15) is 0 Å². The van der Waals surface area contributed by atoms with Crippen molar-refractivity contribution in [1.29, 1.82) is 0 Å². The molecule has 0 unspecified atom stereocenters. The molecule has 3 nitrogen and oxygen atoms in total. The number of carbonyl (C=O) groups is 1. The Bertz CT molecular complexity index is 782. The van der Waals surface area contributed by atoms with Crippen LogP contribution < -0.4 is 0 Å². The highest BCUT2D eigenvalue weighted by Gasteiger charge is 2.18. The van der Waals surface area contributed by atoms with Crippen LogP contribution in [0.4, 0.5) is 4.39 Å². The maximum atomic E-state index is 13.1. The van der Waals surface area contributed by atoms with Crippen LogP contribution in [0.25, 0.3) is 11.0 Å². The smallest absolute Gasteiger partial charge is 0.247 e. The van der Waals surface area contributed by atoms with Crippen LogP contribution >= 0.6 is 15.9 Å². The highest BCUT2D eigenvalue weighted by molar-refractivity contribution is 9.10. The number of rotatable bonds is 2. The van der Waals surface area contributed by atoms with Crippen molar-refractivity contribution in [2.24, 2.45) is 0 Å². The fourth-order valence-corrected chi connectivity index (χ4v) is 2.23. The van der Waals surface area contributed by atoms with Gasteiger partial charge in [0.25, 0.3) is 0 Å². The molecule has 0 bridgehead atoms. The predicted octanol–water partition coefficient (Wildman–Crippen LogP) is 3.96. The number of halogens is 2. The van der Waals surface area contributed by atoms with Gasteiger partial charge in [-0.15, -0.1) is 0 Å². The third-order valence-electron chi connectivity index (χ3n) is 2.68. The Kier molecular flexibility index (Phi) is 2.91. The lowest BCUT2D eigenvalue weighted by atomic mass is 10.2. The zero-order chi connectivity index (χ0) is 13.4. The molecule has 2 aromatic heterocycles. The third kappa shape index (κ3) is 2.17. The van der Waals surface area contributed by atoms with Crippen LogP contribution in [-0.2, 0) is 0 Å². The van der Waals surface area contributed by atoms with Crippen LogP contribution in [0.1, 0.15) is 16.2 Å². The lowest BCUT2D eigenvalue weighted by molar-refractivity contribution is 0.101. The van der Waals surface area contributed by atoms with Crippen molar-refractivity contribution >= 4 is 32.7 Å². The first-order valence-corrected chi connectivity index (χ1v) is 6.29. The quantitative estimate of drug-likeness (QED) is 0.671. The first-order valence-electron chi connectivity index (χ1n) is 5.49. The largest absolute Gasteiger partial charge is 0.453 e. The highest BCUT2D eigenvalue weighted by Crippen LogP contribution is 2.24. The summed E-state index contributed by atoms with van der Waals surface area (Å²) in [4.78, 5) is 16.3. The van der Waals surface area contributed by atoms with Gasteiger partial charge in [-0.3, -0.25) is 9.78 Å². The van der Waals surface area contributed by atoms with Crippen LogP contribution in [-0.4, -0.2) is 10.8 Å². The Morgan fingerprint density at radius 3 is 2.89 bits per heavy atom. The van der Waals surface area contributed by atoms with E-state index < -0.39 is 0 Å². The molecular weight excluding hydrogens is 313 g/mol. The number of nitrogens with zero attached hydrogens (tertiary/aromatic N) is 1. The average Bonchev–Trinajstić information content (AvgIpc) is 2.81. The van der Waals surface area contributed by atoms with Crippen LogP contribution in [0.3, 0.4) is 0 Å². The number of fused-ring (bicyclic) bond motifs is 1. The summed E-state index contributed by atoms with van der Waals surface area (Å²) < 4.78 is 19.1. The van der Waals surface area contributed by atoms with E-state index in [2.05, 4.69) is 20.9 Å². The third-order valence-corrected chi connectivity index (χ3v) is 3.32. The maximum Gasteiger partial charge on any atom is 0.247 e. The Hall–Kier alpha value is -2.01. The molecule has 0 radical (unpaired) electrons. The minimum atomic E-state index is -0.369. The molecule has 0 aliphatic heterocycles. The standard InChI is InChI=1S/C14H7BrFNO2/c15-10-2-1-5-17-13(10)14(18)12-7-8-6-9(16)3-4-11(8)19-12/h1-7H. The number of hydrogen-bond acceptors (Lipinski definition) is 3. The van der Waals surface area contributed by atoms with E-state index in [0.29, 0.717) is 15.4 Å². The Morgan fingerprint density at radius 2 is 2.11 bits per heavy atom. The second kappa shape index (κ2) is 4.59. The van der Waals surface area contributed by atoms with E-state index in [1.54, 1.807) is 12.1 Å². The molecule has 1 aromatic carbocycles. The topological polar surface area (TPSA) is 43.1 Å². The molecule has 94 valence electrons. The molecule has 5 heteroatoms. The minimum Gasteiger partial charge on any atom is -0.453 e. The van der Waals surface area contributed by atoms with Crippen LogP contribution in [0.2, 0.25) is 0 Å². The van der Waals surface area contributed by atoms with Crippen molar-refractivity contribution in [3.05, 3.63) is 64.3 Å². The van der Waals surface area contributed by atoms with Gasteiger partial charge in [0, 0.05) is 16.1 Å². The van der Waals surface area contributed by atoms with Gasteiger partial charge < -0.3 is 4.42 Å². The lowest BCUT2D eigenvalue weighted by Gasteiger charge is -1.98. The zero-order valence-corrected chi connectivity index (χ0v) is 11.1. The monoisotopic (exact) mass is 319 g/mol. The summed E-state index contributed by atoms with van der Waals surface area (Å²) in [6.07, 6.45) is 1.53. The summed E-state index contributed by atoms with van der Waals surface area (Å²) >= 11 is 3.26. The number of ketones is 1. The highest BCUT2D eigenvalue weighted by atomic mass is 79.9. The molecule has 0 spiro atoms. The summed E-state index contributed by atoms with van der Waals surface area (Å²) in [6.45, 7) is 0. The zero-order valence-electron chi connectivity index (χ0n) is 9.56. The van der Waals surface area contributed by atoms with E-state index in [1.165, 1.54) is 30.5 Å². The summed E-state index contributed by atoms with van der Waals surface area (Å²) in [6, 6.07) is 9.06. The molecule has 0 saturated heterocycles. The predicted molar refractivity (Wildman–Crippen MR) is 71.5 cm³/mol. The number of pyridine rings is 1. The van der Waals surface area contributed by atoms with Gasteiger partial charge in [-0.25, -0.2) is 4.39 Å². The van der Waals surface area contributed by atoms with E-state index in [4.69, 9.17) is 4.42 Å². The molecule has 19 heavy (non-hydrogen) atoms. The van der Waals surface area contributed by atoms with Crippen LogP contribution in [0.5, 0.6) is 0 Å². The van der Waals surface area contributed by atoms with Gasteiger partial charge in [0.05, 0.1) is 0 Å². The molecule has 0 saturated carbocycles. The molecule has 0 amide bonds. The number of aromatic nitrogens is 1. The second-order valence-electron chi connectivity index (χ2n) is 3.96. The SMILES string of the molecule is O=C(c1cc2cc(F)ccc2o1)c1ncccc1Br. The van der Waals surface area contributed by atoms with Gasteiger partial charge in [0.15, 0.2) is 5.76 Å². The molecule has 2 heterocycles. The maximum absolute atomic E-state index is 13.1. The molecule has 0 aliphatic rings. The second-order valence-corrected chi connectivity index (χ2v) is 4.81. The van der Waals surface area contributed by atoms with Crippen molar-refractivity contribution in [2.45, 2.75) is 0 Å². The van der Waals surface area contributed by atoms with Crippen LogP contribution in [0, 0.1) is 5.82 Å². The van der Waals surface area contributed by atoms with Crippen molar-refractivity contribution in [1.82, 2.24) is 4.98 Å². The van der Waals surface area contributed by atoms with Crippen molar-refractivity contribution < 1.29 is 13.6 Å². The van der Waals surface area contributed by atoms with E-state index in [0.717, 1.165) is 0 Å². The van der Waals surface area contributed by atoms with Gasteiger partial charge in [-0.1, -0.05) is 0 Å². The molecule has 0 fully saturated rings. The number of benzene rings is 1. The molecule has 0 aliphatic carbocycles. The van der Waals surface area contributed by atoms with E-state index >= 15 is 0 Å². The van der Waals surface area contributed by atoms with Gasteiger partial charge in [0.2, 0.25) is 5.78 Å². The van der Waals surface area contributed by atoms with Crippen molar-refractivity contribution in [2.75, 3.05) is 0 Å². The molecule has 0 atom stereocenters. The molecule has 0 N–H and O–H groups in total. The average molecular weight is 320 g/mol. The molecule has 3 rings (SSSR count). The Morgan fingerprint density at radius 1 is 1.26 bits per heavy atom. The molecule has 3 aromatic rings. The van der Waals surface area contributed by atoms with Crippen molar-refractivity contribution in [3.63, 3.8) is 0 Å². The summed E-state index contributed by atoms with van der Waals surface area (Å²) in [7, 11) is 0. The number of hydrogen-bond donors (Lipinski definition) is 0. The first-order chi connectivity index (χ1) is 9.15. The summed E-state index contributed by atoms with van der Waals surface area (Å²) in [5.41, 5.74) is 0.735. The summed E-state index contributed by atoms with van der Waals surface area (Å²) in [5.74, 6) is -0.574. The van der Waals surface area contributed by atoms with Crippen molar-refractivity contribution in [3.8, 4) is 0 Å². The number of furan rings is 1. The normalized spacial score (nSPS) is 10.8. The van der Waals surface area contributed by atoms with Crippen LogP contribution in [0.15, 0.2) is 51.5 Å². The van der Waals surface area contributed by atoms with Gasteiger partial charge in [0.1, 0.15) is 17.1 Å². The Labute approximate surface area is 116 Å². The Balaban J connectivity index is 2.09. The lowest BCUT2D eigenvalue weighted by Crippen LogP contribution is -2.03. The number of carbonyl (C=O) groups excluding carboxylic acids is 1. The van der Waals surface area contributed by atoms with E-state index in [1.807, 2.05) is 0 Å². The van der Waals surface area contributed by atoms with E-state index in [-0.39, 0.29) is 23.1 Å². The van der Waals surface area contributed by atoms with E-state index in [9.17, 15) is 9.18 Å². The summed E-state index contributed by atoms with van der Waals surface area (Å²) in [5, 5.41) is 0.551. The van der Waals surface area contributed by atoms with Gasteiger partial charge in [-0.05, 0) is 52.3 Å². The minimum absolute atomic E-state index is 0.139.